The van der Waals surface area contributed by atoms with Gasteiger partial charge in [-0.05, 0) is 89.9 Å². The summed E-state index contributed by atoms with van der Waals surface area (Å²) in [5.41, 5.74) is 12.9. The average molecular weight is 935 g/mol. The third kappa shape index (κ3) is 8.84. The summed E-state index contributed by atoms with van der Waals surface area (Å²) in [6.07, 6.45) is 3.21. The SMILES string of the molecule is CC(C)(C)Cc1cc(-c2[c-]cccc2)ncc1[Si](C)(C)C.[2H]C([2H])([2H])c1ccc2c(-c3nc4ccccc4n3-c3cc(C)c(-c4ccccc4)c(C)c3)[c-]sc2c1.[Ir]. The van der Waals surface area contributed by atoms with Crippen LogP contribution in [0.25, 0.3) is 60.6 Å². The number of pyridine rings is 1. The Morgan fingerprint density at radius 3 is 2.22 bits per heavy atom. The van der Waals surface area contributed by atoms with Gasteiger partial charge in [0.1, 0.15) is 0 Å². The zero-order valence-corrected chi connectivity index (χ0v) is 37.0. The molecule has 0 amide bonds. The van der Waals surface area contributed by atoms with Gasteiger partial charge in [-0.1, -0.05) is 128 Å². The van der Waals surface area contributed by atoms with Crippen molar-refractivity contribution in [2.75, 3.05) is 0 Å². The molecule has 0 saturated carbocycles. The van der Waals surface area contributed by atoms with Gasteiger partial charge in [0.2, 0.25) is 0 Å². The molecule has 55 heavy (non-hydrogen) atoms. The first-order valence-corrected chi connectivity index (χ1v) is 22.9. The number of rotatable bonds is 6. The molecular formula is C49H49IrN3SSi-2. The van der Waals surface area contributed by atoms with Crippen LogP contribution in [0.1, 0.15) is 47.1 Å². The van der Waals surface area contributed by atoms with Crippen molar-refractivity contribution in [3.05, 3.63) is 155 Å². The van der Waals surface area contributed by atoms with E-state index in [2.05, 4.69) is 131 Å². The van der Waals surface area contributed by atoms with E-state index >= 15 is 0 Å². The van der Waals surface area contributed by atoms with Crippen LogP contribution in [0.15, 0.2) is 121 Å². The van der Waals surface area contributed by atoms with Gasteiger partial charge in [-0.2, -0.15) is 0 Å². The first kappa shape index (κ1) is 36.2. The number of imidazole rings is 1. The van der Waals surface area contributed by atoms with Crippen LogP contribution in [0.2, 0.25) is 19.6 Å². The summed E-state index contributed by atoms with van der Waals surface area (Å²) < 4.78 is 26.4. The van der Waals surface area contributed by atoms with Crippen LogP contribution in [0.3, 0.4) is 0 Å². The average Bonchev–Trinajstić information content (AvgIpc) is 3.75. The van der Waals surface area contributed by atoms with Crippen LogP contribution in [0, 0.1) is 37.6 Å². The van der Waals surface area contributed by atoms with E-state index in [-0.39, 0.29) is 25.5 Å². The number of hydrogen-bond acceptors (Lipinski definition) is 3. The van der Waals surface area contributed by atoms with Crippen LogP contribution in [-0.4, -0.2) is 22.6 Å². The molecular weight excluding hydrogens is 883 g/mol. The van der Waals surface area contributed by atoms with Gasteiger partial charge in [0, 0.05) is 36.1 Å². The Kier molecular flexibility index (Phi) is 10.8. The maximum atomic E-state index is 7.77. The number of aryl methyl sites for hydroxylation is 3. The third-order valence-corrected chi connectivity index (χ3v) is 12.6. The van der Waals surface area contributed by atoms with Crippen molar-refractivity contribution in [1.29, 1.82) is 0 Å². The maximum absolute atomic E-state index is 7.77. The molecule has 0 spiro atoms. The van der Waals surface area contributed by atoms with Crippen LogP contribution >= 0.6 is 11.3 Å². The number of thiophene rings is 1. The van der Waals surface area contributed by atoms with Gasteiger partial charge in [-0.15, -0.1) is 47.3 Å². The van der Waals surface area contributed by atoms with Crippen LogP contribution in [0.4, 0.5) is 0 Å². The molecule has 0 atom stereocenters. The number of para-hydroxylation sites is 2. The fraction of sp³-hybridized carbons (Fsp3) is 0.224. The van der Waals surface area contributed by atoms with E-state index in [9.17, 15) is 0 Å². The van der Waals surface area contributed by atoms with E-state index in [1.165, 1.54) is 44.3 Å². The predicted molar refractivity (Wildman–Crippen MR) is 235 cm³/mol. The number of benzene rings is 5. The molecule has 0 aliphatic rings. The van der Waals surface area contributed by atoms with Gasteiger partial charge in [0.05, 0.1) is 24.9 Å². The molecule has 6 heteroatoms. The van der Waals surface area contributed by atoms with Gasteiger partial charge >= 0.3 is 0 Å². The van der Waals surface area contributed by atoms with Crippen molar-refractivity contribution in [2.45, 2.75) is 67.5 Å². The van der Waals surface area contributed by atoms with E-state index in [4.69, 9.17) is 14.1 Å². The Morgan fingerprint density at radius 1 is 0.836 bits per heavy atom. The fourth-order valence-corrected chi connectivity index (χ4v) is 9.77. The number of fused-ring (bicyclic) bond motifs is 2. The summed E-state index contributed by atoms with van der Waals surface area (Å²) in [4.78, 5) is 9.73. The molecule has 0 aliphatic heterocycles. The first-order chi connectivity index (χ1) is 27.0. The molecule has 0 fully saturated rings. The summed E-state index contributed by atoms with van der Waals surface area (Å²) in [6, 6.07) is 42.0. The topological polar surface area (TPSA) is 30.7 Å². The molecule has 0 bridgehead atoms. The largest absolute Gasteiger partial charge is 0.333 e. The van der Waals surface area contributed by atoms with E-state index in [0.717, 1.165) is 55.9 Å². The summed E-state index contributed by atoms with van der Waals surface area (Å²) in [5, 5.41) is 5.86. The minimum atomic E-state index is -2.14. The standard InChI is InChI=1S/C30H23N2S.C19H26NSi.Ir/c1-19-13-14-24-25(18-33-28(24)15-19)30-31-26-11-7-8-12-27(26)32(30)23-16-20(2)29(21(3)17-23)22-9-5-4-6-10-22;1-19(2,3)13-16-12-17(15-10-8-7-9-11-15)20-14-18(16)21(4,5)6;/h4-17H,1-3H3;7-10,12,14H,13H2,1-6H3;/q2*-1;/i1D3;;. The van der Waals surface area contributed by atoms with E-state index in [1.807, 2.05) is 48.5 Å². The van der Waals surface area contributed by atoms with Crippen molar-refractivity contribution in [3.8, 4) is 39.5 Å². The molecule has 3 nitrogen and oxygen atoms in total. The first-order valence-electron chi connectivity index (χ1n) is 20.0. The van der Waals surface area contributed by atoms with Gasteiger partial charge < -0.3 is 9.55 Å². The van der Waals surface area contributed by atoms with Crippen molar-refractivity contribution in [2.24, 2.45) is 5.41 Å². The molecule has 5 aromatic carbocycles. The Bertz CT molecular complexity index is 2670. The Labute approximate surface area is 350 Å². The van der Waals surface area contributed by atoms with Crippen molar-refractivity contribution < 1.29 is 24.2 Å². The number of hydrogen-bond donors (Lipinski definition) is 0. The summed E-state index contributed by atoms with van der Waals surface area (Å²) in [5.74, 6) is 0.801. The third-order valence-electron chi connectivity index (χ3n) is 9.64. The quantitative estimate of drug-likeness (QED) is 0.123. The molecule has 281 valence electrons. The Balaban J connectivity index is 0.000000221. The maximum Gasteiger partial charge on any atom is 0.0798 e. The van der Waals surface area contributed by atoms with Crippen LogP contribution in [0.5, 0.6) is 0 Å². The van der Waals surface area contributed by atoms with Crippen molar-refractivity contribution >= 4 is 45.7 Å². The predicted octanol–water partition coefficient (Wildman–Crippen LogP) is 13.0. The number of aromatic nitrogens is 3. The second-order valence-corrected chi connectivity index (χ2v) is 22.2. The Hall–Kier alpha value is -4.45. The smallest absolute Gasteiger partial charge is 0.0798 e. The summed E-state index contributed by atoms with van der Waals surface area (Å²) in [7, 11) is -1.37. The van der Waals surface area contributed by atoms with Gasteiger partial charge in [0.15, 0.2) is 0 Å². The summed E-state index contributed by atoms with van der Waals surface area (Å²) in [6.45, 7) is 16.3. The van der Waals surface area contributed by atoms with Gasteiger partial charge in [0.25, 0.3) is 0 Å². The zero-order chi connectivity index (χ0) is 40.7. The normalized spacial score (nSPS) is 12.7. The fourth-order valence-electron chi connectivity index (χ4n) is 7.32. The second-order valence-electron chi connectivity index (χ2n) is 16.4. The molecule has 8 aromatic rings. The molecule has 8 rings (SSSR count). The van der Waals surface area contributed by atoms with E-state index in [1.54, 1.807) is 12.1 Å². The minimum Gasteiger partial charge on any atom is -0.333 e. The van der Waals surface area contributed by atoms with Crippen LogP contribution in [-0.2, 0) is 26.5 Å². The molecule has 0 unspecified atom stereocenters. The molecule has 1 radical (unpaired) electrons. The Morgan fingerprint density at radius 2 is 1.55 bits per heavy atom. The minimum absolute atomic E-state index is 0. The van der Waals surface area contributed by atoms with Crippen LogP contribution < -0.4 is 5.19 Å². The zero-order valence-electron chi connectivity index (χ0n) is 35.8. The molecule has 0 N–H and O–H groups in total. The molecule has 3 heterocycles. The van der Waals surface area contributed by atoms with Crippen molar-refractivity contribution in [1.82, 2.24) is 14.5 Å². The van der Waals surface area contributed by atoms with Gasteiger partial charge in [-0.3, -0.25) is 16.3 Å². The monoisotopic (exact) mass is 935 g/mol. The number of nitrogens with zero attached hydrogens (tertiary/aromatic N) is 3. The molecule has 0 saturated heterocycles. The molecule has 3 aromatic heterocycles. The molecule has 0 aliphatic carbocycles. The van der Waals surface area contributed by atoms with Crippen molar-refractivity contribution in [3.63, 3.8) is 0 Å². The summed E-state index contributed by atoms with van der Waals surface area (Å²) >= 11 is 1.43. The van der Waals surface area contributed by atoms with Gasteiger partial charge in [-0.25, -0.2) is 0 Å². The second kappa shape index (κ2) is 16.3. The van der Waals surface area contributed by atoms with E-state index in [0.29, 0.717) is 5.56 Å². The van der Waals surface area contributed by atoms with E-state index < -0.39 is 14.9 Å².